The first-order valence-corrected chi connectivity index (χ1v) is 11.9. The molecule has 18 heteroatoms. The van der Waals surface area contributed by atoms with Gasteiger partial charge in [-0.15, -0.1) is 0 Å². The number of hydrogen-bond acceptors (Lipinski definition) is 8. The number of guanidine groups is 3. The summed E-state index contributed by atoms with van der Waals surface area (Å²) in [6.45, 7) is 0.191. The van der Waals surface area contributed by atoms with Crippen molar-refractivity contribution >= 4 is 41.6 Å². The number of carboxylic acids is 1. The molecule has 3 atom stereocenters. The summed E-state index contributed by atoms with van der Waals surface area (Å²) in [4.78, 5) is 60.4. The molecule has 3 amide bonds. The van der Waals surface area contributed by atoms with Crippen LogP contribution in [-0.4, -0.2) is 91.0 Å². The Hall–Kier alpha value is -4.35. The molecule has 0 radical (unpaired) electrons. The molecule has 0 aliphatic heterocycles. The Balaban J connectivity index is 5.03. The van der Waals surface area contributed by atoms with Gasteiger partial charge in [0.15, 0.2) is 17.9 Å². The molecule has 0 aromatic rings. The van der Waals surface area contributed by atoms with Crippen molar-refractivity contribution in [2.24, 2.45) is 55.1 Å². The Labute approximate surface area is 220 Å². The van der Waals surface area contributed by atoms with Crippen LogP contribution in [0.3, 0.4) is 0 Å². The Bertz CT molecular complexity index is 865. The minimum Gasteiger partial charge on any atom is -0.480 e. The molecule has 0 heterocycles. The summed E-state index contributed by atoms with van der Waals surface area (Å²) < 4.78 is 0. The summed E-state index contributed by atoms with van der Waals surface area (Å²) in [5.41, 5.74) is 37.3. The Morgan fingerprint density at radius 1 is 0.658 bits per heavy atom. The van der Waals surface area contributed by atoms with Crippen LogP contribution in [0, 0.1) is 0 Å². The van der Waals surface area contributed by atoms with Crippen molar-refractivity contribution in [2.45, 2.75) is 56.7 Å². The number of nitrogens with zero attached hydrogens (tertiary/aromatic N) is 3. The van der Waals surface area contributed by atoms with E-state index in [4.69, 9.17) is 40.1 Å². The lowest BCUT2D eigenvalue weighted by molar-refractivity contribution is -0.142. The van der Waals surface area contributed by atoms with Gasteiger partial charge < -0.3 is 61.2 Å². The predicted molar refractivity (Wildman–Crippen MR) is 142 cm³/mol. The van der Waals surface area contributed by atoms with Gasteiger partial charge >= 0.3 is 5.97 Å². The van der Waals surface area contributed by atoms with Gasteiger partial charge in [-0.05, 0) is 38.5 Å². The lowest BCUT2D eigenvalue weighted by Crippen LogP contribution is -2.53. The van der Waals surface area contributed by atoms with Gasteiger partial charge in [-0.1, -0.05) is 0 Å². The maximum Gasteiger partial charge on any atom is 0.326 e. The van der Waals surface area contributed by atoms with Gasteiger partial charge in [0.2, 0.25) is 17.7 Å². The lowest BCUT2D eigenvalue weighted by Gasteiger charge is -2.21. The molecule has 0 fully saturated rings. The number of carboxylic acid groups (broad SMARTS) is 1. The van der Waals surface area contributed by atoms with Crippen molar-refractivity contribution in [3.05, 3.63) is 0 Å². The average molecular weight is 544 g/mol. The second-order valence-electron chi connectivity index (χ2n) is 8.19. The second-order valence-corrected chi connectivity index (χ2v) is 8.19. The van der Waals surface area contributed by atoms with Gasteiger partial charge in [0, 0.05) is 19.6 Å². The minimum absolute atomic E-state index is 0.0453. The molecule has 0 bridgehead atoms. The first kappa shape index (κ1) is 33.7. The van der Waals surface area contributed by atoms with Crippen LogP contribution in [0.4, 0.5) is 0 Å². The van der Waals surface area contributed by atoms with Crippen LogP contribution in [0.15, 0.2) is 15.0 Å². The summed E-state index contributed by atoms with van der Waals surface area (Å²) in [5.74, 6) is -3.62. The number of amides is 3. The molecule has 0 unspecified atom stereocenters. The molecule has 0 rings (SSSR count). The topological polar surface area (TPSA) is 344 Å². The number of aliphatic imine (C=N–C) groups is 3. The van der Waals surface area contributed by atoms with E-state index in [9.17, 15) is 24.3 Å². The van der Waals surface area contributed by atoms with Crippen molar-refractivity contribution in [3.8, 4) is 0 Å². The third-order valence-corrected chi connectivity index (χ3v) is 4.88. The molecule has 0 spiro atoms. The highest BCUT2D eigenvalue weighted by atomic mass is 16.4. The normalized spacial score (nSPS) is 12.7. The van der Waals surface area contributed by atoms with Crippen LogP contribution in [0.1, 0.15) is 38.5 Å². The third-order valence-electron chi connectivity index (χ3n) is 4.88. The molecule has 0 aromatic carbocycles. The molecule has 0 aliphatic carbocycles. The summed E-state index contributed by atoms with van der Waals surface area (Å²) in [6.07, 6.45) is 1.45. The predicted octanol–water partition coefficient (Wildman–Crippen LogP) is -5.36. The smallest absolute Gasteiger partial charge is 0.326 e. The van der Waals surface area contributed by atoms with Crippen LogP contribution in [0.5, 0.6) is 0 Å². The monoisotopic (exact) mass is 543 g/mol. The molecule has 38 heavy (non-hydrogen) atoms. The third kappa shape index (κ3) is 17.1. The van der Waals surface area contributed by atoms with E-state index in [1.165, 1.54) is 0 Å². The van der Waals surface area contributed by atoms with E-state index < -0.39 is 48.4 Å². The SMILES string of the molecule is NC(N)=NCCC[C@H](NC(=O)[C@H](CCCN=C(N)N)NC(=O)CNC(=O)[C@@H](N)CCCN=C(N)N)C(=O)O. The number of nitrogens with one attached hydrogen (secondary N) is 3. The van der Waals surface area contributed by atoms with Crippen LogP contribution in [0.25, 0.3) is 0 Å². The van der Waals surface area contributed by atoms with Crippen molar-refractivity contribution < 1.29 is 24.3 Å². The molecule has 216 valence electrons. The zero-order chi connectivity index (χ0) is 29.1. The van der Waals surface area contributed by atoms with Crippen molar-refractivity contribution in [1.82, 2.24) is 16.0 Å². The fourth-order valence-corrected chi connectivity index (χ4v) is 3.00. The van der Waals surface area contributed by atoms with Crippen LogP contribution in [-0.2, 0) is 19.2 Å². The summed E-state index contributed by atoms with van der Waals surface area (Å²) >= 11 is 0. The first-order chi connectivity index (χ1) is 17.8. The van der Waals surface area contributed by atoms with Gasteiger partial charge in [-0.25, -0.2) is 4.79 Å². The van der Waals surface area contributed by atoms with E-state index in [0.717, 1.165) is 0 Å². The van der Waals surface area contributed by atoms with Crippen LogP contribution >= 0.6 is 0 Å². The van der Waals surface area contributed by atoms with Gasteiger partial charge in [0.1, 0.15) is 12.1 Å². The average Bonchev–Trinajstić information content (AvgIpc) is 2.83. The van der Waals surface area contributed by atoms with Crippen LogP contribution in [0.2, 0.25) is 0 Å². The molecule has 18 N–H and O–H groups in total. The molecule has 0 saturated heterocycles. The highest BCUT2D eigenvalue weighted by Crippen LogP contribution is 2.04. The highest BCUT2D eigenvalue weighted by Gasteiger charge is 2.26. The molecule has 0 saturated carbocycles. The standard InChI is InChI=1S/C20H41N13O5/c21-11(4-1-7-28-18(22)23)15(35)31-10-14(34)32-12(5-2-8-29-19(24)25)16(36)33-13(17(37)38)6-3-9-30-20(26)27/h11-13H,1-10,21H2,(H,31,35)(H,32,34)(H,33,36)(H,37,38)(H4,22,23,28)(H4,24,25,29)(H4,26,27,30)/t11-,12-,13-/m0/s1. The van der Waals surface area contributed by atoms with Crippen molar-refractivity contribution in [3.63, 3.8) is 0 Å². The summed E-state index contributed by atoms with van der Waals surface area (Å²) in [6, 6.07) is -3.27. The quantitative estimate of drug-likeness (QED) is 0.0413. The van der Waals surface area contributed by atoms with Gasteiger partial charge in [0.25, 0.3) is 0 Å². The first-order valence-electron chi connectivity index (χ1n) is 11.9. The maximum absolute atomic E-state index is 12.8. The van der Waals surface area contributed by atoms with E-state index in [2.05, 4.69) is 30.9 Å². The van der Waals surface area contributed by atoms with Crippen LogP contribution < -0.4 is 56.1 Å². The fourth-order valence-electron chi connectivity index (χ4n) is 3.00. The van der Waals surface area contributed by atoms with Gasteiger partial charge in [-0.2, -0.15) is 0 Å². The molecule has 0 aromatic heterocycles. The largest absolute Gasteiger partial charge is 0.480 e. The van der Waals surface area contributed by atoms with E-state index in [1.807, 2.05) is 0 Å². The van der Waals surface area contributed by atoms with E-state index in [1.54, 1.807) is 0 Å². The second kappa shape index (κ2) is 18.9. The molecular weight excluding hydrogens is 502 g/mol. The number of carbonyl (C=O) groups is 4. The van der Waals surface area contributed by atoms with Gasteiger partial charge in [-0.3, -0.25) is 29.4 Å². The number of aliphatic carboxylic acids is 1. The summed E-state index contributed by atoms with van der Waals surface area (Å²) in [7, 11) is 0. The minimum atomic E-state index is -1.27. The zero-order valence-electron chi connectivity index (χ0n) is 21.3. The lowest BCUT2D eigenvalue weighted by atomic mass is 10.1. The molecule has 0 aliphatic rings. The number of hydrogen-bond donors (Lipinski definition) is 11. The number of carbonyl (C=O) groups excluding carboxylic acids is 3. The number of nitrogens with two attached hydrogens (primary N) is 7. The van der Waals surface area contributed by atoms with Crippen molar-refractivity contribution in [2.75, 3.05) is 26.2 Å². The maximum atomic E-state index is 12.8. The van der Waals surface area contributed by atoms with Gasteiger partial charge in [0.05, 0.1) is 12.6 Å². The Kier molecular flexibility index (Phi) is 16.7. The Morgan fingerprint density at radius 2 is 1.11 bits per heavy atom. The van der Waals surface area contributed by atoms with E-state index in [0.29, 0.717) is 19.4 Å². The zero-order valence-corrected chi connectivity index (χ0v) is 21.3. The summed E-state index contributed by atoms with van der Waals surface area (Å²) in [5, 5.41) is 16.7. The highest BCUT2D eigenvalue weighted by molar-refractivity contribution is 5.92. The van der Waals surface area contributed by atoms with E-state index >= 15 is 0 Å². The fraction of sp³-hybridized carbons (Fsp3) is 0.650. The van der Waals surface area contributed by atoms with Crippen molar-refractivity contribution in [1.29, 1.82) is 0 Å². The molecular formula is C20H41N13O5. The Morgan fingerprint density at radius 3 is 1.55 bits per heavy atom. The molecule has 18 nitrogen and oxygen atoms in total. The van der Waals surface area contributed by atoms with E-state index in [-0.39, 0.29) is 56.7 Å². The number of rotatable bonds is 19.